The van der Waals surface area contributed by atoms with E-state index in [1.165, 1.54) is 11.3 Å². The van der Waals surface area contributed by atoms with Crippen molar-refractivity contribution in [2.45, 2.75) is 6.92 Å². The monoisotopic (exact) mass is 318 g/mol. The maximum atomic E-state index is 12.1. The van der Waals surface area contributed by atoms with Gasteiger partial charge in [-0.3, -0.25) is 4.79 Å². The summed E-state index contributed by atoms with van der Waals surface area (Å²) in [6, 6.07) is 8.46. The van der Waals surface area contributed by atoms with E-state index in [2.05, 4.69) is 0 Å². The molecular weight excluding hydrogens is 304 g/mol. The number of benzene rings is 1. The van der Waals surface area contributed by atoms with E-state index in [9.17, 15) is 9.59 Å². The lowest BCUT2D eigenvalue weighted by Gasteiger charge is -2.18. The first-order chi connectivity index (χ1) is 10.6. The van der Waals surface area contributed by atoms with Crippen molar-refractivity contribution in [1.82, 2.24) is 0 Å². The second-order valence-electron chi connectivity index (χ2n) is 4.77. The Morgan fingerprint density at radius 1 is 1.14 bits per heavy atom. The van der Waals surface area contributed by atoms with Crippen LogP contribution >= 0.6 is 11.3 Å². The molecule has 0 unspecified atom stereocenters. The fraction of sp³-hybridized carbons (Fsp3) is 0.250. The molecule has 114 valence electrons. The lowest BCUT2D eigenvalue weighted by atomic mass is 10.1. The van der Waals surface area contributed by atoms with E-state index in [-0.39, 0.29) is 12.4 Å². The normalized spacial score (nSPS) is 12.8. The first-order valence-electron chi connectivity index (χ1n) is 6.80. The standard InChI is InChI=1S/C16H14O5S/c1-10-2-5-15(22-10)16(18)21-9-12(17)11-3-4-13-14(8-11)20-7-6-19-13/h2-5,8H,6-7,9H2,1H3. The van der Waals surface area contributed by atoms with Crippen LogP contribution in [0.4, 0.5) is 0 Å². The van der Waals surface area contributed by atoms with Gasteiger partial charge in [-0.15, -0.1) is 11.3 Å². The first kappa shape index (κ1) is 14.6. The molecule has 2 heterocycles. The smallest absolute Gasteiger partial charge is 0.348 e. The molecule has 0 saturated heterocycles. The zero-order valence-corrected chi connectivity index (χ0v) is 12.8. The minimum atomic E-state index is -0.482. The Morgan fingerprint density at radius 2 is 1.91 bits per heavy atom. The van der Waals surface area contributed by atoms with E-state index in [1.54, 1.807) is 24.3 Å². The maximum absolute atomic E-state index is 12.1. The summed E-state index contributed by atoms with van der Waals surface area (Å²) in [5.41, 5.74) is 0.430. The van der Waals surface area contributed by atoms with E-state index in [0.717, 1.165) is 4.88 Å². The summed E-state index contributed by atoms with van der Waals surface area (Å²) < 4.78 is 15.9. The maximum Gasteiger partial charge on any atom is 0.348 e. The van der Waals surface area contributed by atoms with Crippen molar-refractivity contribution in [2.24, 2.45) is 0 Å². The van der Waals surface area contributed by atoms with E-state index < -0.39 is 5.97 Å². The van der Waals surface area contributed by atoms with E-state index in [0.29, 0.717) is 35.2 Å². The van der Waals surface area contributed by atoms with Crippen molar-refractivity contribution >= 4 is 23.1 Å². The van der Waals surface area contributed by atoms with Gasteiger partial charge in [0.1, 0.15) is 18.1 Å². The Kier molecular flexibility index (Phi) is 4.11. The molecule has 2 aromatic rings. The molecule has 0 spiro atoms. The number of Topliss-reactive ketones (excluding diaryl/α,β-unsaturated/α-hetero) is 1. The number of fused-ring (bicyclic) bond motifs is 1. The van der Waals surface area contributed by atoms with Crippen LogP contribution in [0.3, 0.4) is 0 Å². The summed E-state index contributed by atoms with van der Waals surface area (Å²) in [6.45, 7) is 2.56. The van der Waals surface area contributed by atoms with Gasteiger partial charge >= 0.3 is 5.97 Å². The third kappa shape index (κ3) is 3.12. The van der Waals surface area contributed by atoms with E-state index in [1.807, 2.05) is 13.0 Å². The van der Waals surface area contributed by atoms with Gasteiger partial charge in [-0.2, -0.15) is 0 Å². The van der Waals surface area contributed by atoms with Gasteiger partial charge < -0.3 is 14.2 Å². The molecule has 1 aromatic carbocycles. The zero-order valence-electron chi connectivity index (χ0n) is 12.0. The van der Waals surface area contributed by atoms with Gasteiger partial charge in [0.2, 0.25) is 0 Å². The molecule has 6 heteroatoms. The number of carbonyl (C=O) groups excluding carboxylic acids is 2. The van der Waals surface area contributed by atoms with Gasteiger partial charge in [0, 0.05) is 10.4 Å². The Balaban J connectivity index is 1.63. The molecule has 1 aliphatic heterocycles. The Hall–Kier alpha value is -2.34. The largest absolute Gasteiger partial charge is 0.486 e. The Morgan fingerprint density at radius 3 is 2.64 bits per heavy atom. The number of aryl methyl sites for hydroxylation is 1. The molecule has 1 aromatic heterocycles. The highest BCUT2D eigenvalue weighted by Crippen LogP contribution is 2.30. The van der Waals surface area contributed by atoms with Gasteiger partial charge in [-0.25, -0.2) is 4.79 Å². The van der Waals surface area contributed by atoms with Crippen molar-refractivity contribution < 1.29 is 23.8 Å². The van der Waals surface area contributed by atoms with Crippen molar-refractivity contribution in [3.63, 3.8) is 0 Å². The quantitative estimate of drug-likeness (QED) is 0.641. The fourth-order valence-electron chi connectivity index (χ4n) is 2.05. The molecule has 0 aliphatic carbocycles. The molecule has 3 rings (SSSR count). The summed E-state index contributed by atoms with van der Waals surface area (Å²) in [5.74, 6) is 0.397. The lowest BCUT2D eigenvalue weighted by molar-refractivity contribution is 0.0479. The topological polar surface area (TPSA) is 61.8 Å². The SMILES string of the molecule is Cc1ccc(C(=O)OCC(=O)c2ccc3c(c2)OCCO3)s1. The van der Waals surface area contributed by atoms with Crippen LogP contribution in [0.5, 0.6) is 11.5 Å². The molecule has 0 N–H and O–H groups in total. The number of ether oxygens (including phenoxy) is 3. The molecule has 0 bridgehead atoms. The van der Waals surface area contributed by atoms with Crippen molar-refractivity contribution in [3.8, 4) is 11.5 Å². The zero-order chi connectivity index (χ0) is 15.5. The van der Waals surface area contributed by atoms with Crippen LogP contribution in [0.25, 0.3) is 0 Å². The summed E-state index contributed by atoms with van der Waals surface area (Å²) in [7, 11) is 0. The van der Waals surface area contributed by atoms with Crippen LogP contribution in [0.15, 0.2) is 30.3 Å². The molecular formula is C16H14O5S. The molecule has 22 heavy (non-hydrogen) atoms. The van der Waals surface area contributed by atoms with Crippen LogP contribution in [0.2, 0.25) is 0 Å². The van der Waals surface area contributed by atoms with Crippen LogP contribution in [-0.4, -0.2) is 31.6 Å². The molecule has 1 aliphatic rings. The molecule has 0 fully saturated rings. The fourth-order valence-corrected chi connectivity index (χ4v) is 2.81. The molecule has 0 amide bonds. The van der Waals surface area contributed by atoms with Crippen molar-refractivity contribution in [3.05, 3.63) is 45.6 Å². The average molecular weight is 318 g/mol. The molecule has 0 saturated carbocycles. The van der Waals surface area contributed by atoms with Gasteiger partial charge in [0.15, 0.2) is 23.9 Å². The summed E-state index contributed by atoms with van der Waals surface area (Å²) in [4.78, 5) is 25.4. The van der Waals surface area contributed by atoms with Crippen molar-refractivity contribution in [2.75, 3.05) is 19.8 Å². The minimum absolute atomic E-state index is 0.279. The molecule has 5 nitrogen and oxygen atoms in total. The highest BCUT2D eigenvalue weighted by atomic mass is 32.1. The minimum Gasteiger partial charge on any atom is -0.486 e. The van der Waals surface area contributed by atoms with E-state index in [4.69, 9.17) is 14.2 Å². The number of rotatable bonds is 4. The predicted molar refractivity (Wildman–Crippen MR) is 81.1 cm³/mol. The number of esters is 1. The second kappa shape index (κ2) is 6.19. The Bertz CT molecular complexity index is 719. The molecule has 0 radical (unpaired) electrons. The Labute approximate surface area is 131 Å². The van der Waals surface area contributed by atoms with Crippen LogP contribution in [0, 0.1) is 6.92 Å². The summed E-state index contributed by atoms with van der Waals surface area (Å²) in [6.07, 6.45) is 0. The number of hydrogen-bond donors (Lipinski definition) is 0. The predicted octanol–water partition coefficient (Wildman–Crippen LogP) is 2.87. The van der Waals surface area contributed by atoms with Gasteiger partial charge in [0.25, 0.3) is 0 Å². The first-order valence-corrected chi connectivity index (χ1v) is 7.61. The number of carbonyl (C=O) groups is 2. The third-order valence-corrected chi connectivity index (χ3v) is 4.12. The lowest BCUT2D eigenvalue weighted by Crippen LogP contribution is -2.17. The van der Waals surface area contributed by atoms with Gasteiger partial charge in [0.05, 0.1) is 0 Å². The van der Waals surface area contributed by atoms with Crippen LogP contribution in [0.1, 0.15) is 24.9 Å². The average Bonchev–Trinajstić information content (AvgIpc) is 2.98. The number of thiophene rings is 1. The highest BCUT2D eigenvalue weighted by molar-refractivity contribution is 7.13. The van der Waals surface area contributed by atoms with Crippen LogP contribution < -0.4 is 9.47 Å². The van der Waals surface area contributed by atoms with Gasteiger partial charge in [-0.1, -0.05) is 0 Å². The van der Waals surface area contributed by atoms with E-state index >= 15 is 0 Å². The highest BCUT2D eigenvalue weighted by Gasteiger charge is 2.17. The number of ketones is 1. The summed E-state index contributed by atoms with van der Waals surface area (Å²) >= 11 is 1.34. The molecule has 0 atom stereocenters. The summed E-state index contributed by atoms with van der Waals surface area (Å²) in [5, 5.41) is 0. The van der Waals surface area contributed by atoms with Crippen LogP contribution in [-0.2, 0) is 4.74 Å². The second-order valence-corrected chi connectivity index (χ2v) is 6.06. The number of hydrogen-bond acceptors (Lipinski definition) is 6. The van der Waals surface area contributed by atoms with Crippen molar-refractivity contribution in [1.29, 1.82) is 0 Å². The third-order valence-electron chi connectivity index (χ3n) is 3.14. The van der Waals surface area contributed by atoms with Gasteiger partial charge in [-0.05, 0) is 37.3 Å².